The lowest BCUT2D eigenvalue weighted by Gasteiger charge is -2.32. The van der Waals surface area contributed by atoms with Crippen molar-refractivity contribution in [1.29, 1.82) is 0 Å². The predicted molar refractivity (Wildman–Crippen MR) is 120 cm³/mol. The van der Waals surface area contributed by atoms with Crippen molar-refractivity contribution in [3.8, 4) is 11.5 Å². The largest absolute Gasteiger partial charge is 0.493 e. The molecular formula is C25H34N2O4. The zero-order chi connectivity index (χ0) is 21.8. The molecule has 1 saturated heterocycles. The van der Waals surface area contributed by atoms with E-state index in [1.54, 1.807) is 13.2 Å². The van der Waals surface area contributed by atoms with Crippen LogP contribution in [-0.4, -0.2) is 49.7 Å². The van der Waals surface area contributed by atoms with Crippen LogP contribution in [0.2, 0.25) is 0 Å². The molecule has 1 aromatic heterocycles. The van der Waals surface area contributed by atoms with E-state index in [4.69, 9.17) is 13.9 Å². The number of carbonyl (C=O) groups excluding carboxylic acids is 1. The van der Waals surface area contributed by atoms with E-state index in [1.165, 1.54) is 0 Å². The predicted octanol–water partition coefficient (Wildman–Crippen LogP) is 4.53. The third-order valence-electron chi connectivity index (χ3n) is 6.29. The molecule has 1 saturated carbocycles. The van der Waals surface area contributed by atoms with Crippen molar-refractivity contribution in [2.75, 3.05) is 26.7 Å². The number of piperidine rings is 1. The number of ether oxygens (including phenoxy) is 2. The molecule has 1 N–H and O–H groups in total. The second-order valence-electron chi connectivity index (χ2n) is 8.91. The highest BCUT2D eigenvalue weighted by Gasteiger charge is 2.25. The Bertz CT molecular complexity index is 881. The minimum absolute atomic E-state index is 0.0364. The van der Waals surface area contributed by atoms with E-state index in [1.807, 2.05) is 25.1 Å². The Balaban J connectivity index is 1.27. The summed E-state index contributed by atoms with van der Waals surface area (Å²) in [6, 6.07) is 9.90. The van der Waals surface area contributed by atoms with Crippen molar-refractivity contribution < 1.29 is 18.7 Å². The van der Waals surface area contributed by atoms with Crippen molar-refractivity contribution in [1.82, 2.24) is 10.2 Å². The first-order valence-electron chi connectivity index (χ1n) is 11.5. The van der Waals surface area contributed by atoms with Gasteiger partial charge in [-0.15, -0.1) is 0 Å². The lowest BCUT2D eigenvalue weighted by Crippen LogP contribution is -2.39. The fourth-order valence-electron chi connectivity index (χ4n) is 4.07. The smallest absolute Gasteiger partial charge is 0.251 e. The van der Waals surface area contributed by atoms with Gasteiger partial charge in [0, 0.05) is 30.6 Å². The van der Waals surface area contributed by atoms with Gasteiger partial charge in [0.05, 0.1) is 7.11 Å². The van der Waals surface area contributed by atoms with Gasteiger partial charge in [-0.1, -0.05) is 6.92 Å². The number of hydrogen-bond donors (Lipinski definition) is 1. The quantitative estimate of drug-likeness (QED) is 0.638. The Morgan fingerprint density at radius 3 is 2.58 bits per heavy atom. The number of furan rings is 1. The lowest BCUT2D eigenvalue weighted by molar-refractivity contribution is 0.0931. The molecule has 2 aliphatic rings. The summed E-state index contributed by atoms with van der Waals surface area (Å²) in [5.41, 5.74) is 0.627. The fraction of sp³-hybridized carbons (Fsp3) is 0.560. The Labute approximate surface area is 184 Å². The van der Waals surface area contributed by atoms with Crippen LogP contribution in [0.3, 0.4) is 0 Å². The molecule has 168 valence electrons. The number of nitrogens with one attached hydrogen (secondary N) is 1. The van der Waals surface area contributed by atoms with E-state index < -0.39 is 0 Å². The number of hydrogen-bond acceptors (Lipinski definition) is 5. The van der Waals surface area contributed by atoms with E-state index in [-0.39, 0.29) is 12.0 Å². The molecule has 0 bridgehead atoms. The molecule has 31 heavy (non-hydrogen) atoms. The van der Waals surface area contributed by atoms with Crippen LogP contribution in [0.15, 0.2) is 34.7 Å². The van der Waals surface area contributed by atoms with Gasteiger partial charge in [0.15, 0.2) is 11.5 Å². The minimum Gasteiger partial charge on any atom is -0.493 e. The number of rotatable bonds is 9. The monoisotopic (exact) mass is 426 g/mol. The minimum atomic E-state index is -0.0364. The molecule has 0 spiro atoms. The van der Waals surface area contributed by atoms with Gasteiger partial charge in [-0.2, -0.15) is 0 Å². The van der Waals surface area contributed by atoms with Crippen LogP contribution >= 0.6 is 0 Å². The first kappa shape index (κ1) is 21.8. The highest BCUT2D eigenvalue weighted by atomic mass is 16.5. The second kappa shape index (κ2) is 9.77. The van der Waals surface area contributed by atoms with E-state index in [0.29, 0.717) is 29.0 Å². The molecule has 2 aromatic rings. The number of nitrogens with zero attached hydrogens (tertiary/aromatic N) is 1. The molecule has 2 fully saturated rings. The third-order valence-corrected chi connectivity index (χ3v) is 6.29. The Morgan fingerprint density at radius 2 is 1.94 bits per heavy atom. The summed E-state index contributed by atoms with van der Waals surface area (Å²) in [5, 5.41) is 3.03. The van der Waals surface area contributed by atoms with E-state index in [2.05, 4.69) is 23.2 Å². The van der Waals surface area contributed by atoms with Crippen molar-refractivity contribution in [2.24, 2.45) is 0 Å². The van der Waals surface area contributed by atoms with Gasteiger partial charge >= 0.3 is 0 Å². The zero-order valence-electron chi connectivity index (χ0n) is 18.9. The van der Waals surface area contributed by atoms with Crippen LogP contribution in [0.5, 0.6) is 11.5 Å². The SMILES string of the molecule is COc1ccc(C(=O)NC2CC2)cc1OC1CCN(CCC(C)c2ccc(C)o2)CC1. The molecule has 1 unspecified atom stereocenters. The number of likely N-dealkylation sites (tertiary alicyclic amines) is 1. The van der Waals surface area contributed by atoms with Crippen LogP contribution in [-0.2, 0) is 0 Å². The van der Waals surface area contributed by atoms with Crippen molar-refractivity contribution in [2.45, 2.75) is 64.0 Å². The first-order valence-corrected chi connectivity index (χ1v) is 11.5. The molecule has 2 heterocycles. The normalized spacial score (nSPS) is 18.5. The van der Waals surface area contributed by atoms with Gasteiger partial charge in [0.25, 0.3) is 5.91 Å². The van der Waals surface area contributed by atoms with Crippen molar-refractivity contribution in [3.63, 3.8) is 0 Å². The molecule has 1 atom stereocenters. The molecule has 1 aromatic carbocycles. The summed E-state index contributed by atoms with van der Waals surface area (Å²) in [4.78, 5) is 14.9. The molecule has 4 rings (SSSR count). The maximum absolute atomic E-state index is 12.4. The molecule has 1 aliphatic carbocycles. The Morgan fingerprint density at radius 1 is 1.16 bits per heavy atom. The number of amides is 1. The molecule has 1 amide bonds. The van der Waals surface area contributed by atoms with Gasteiger partial charge in [0.1, 0.15) is 17.6 Å². The highest BCUT2D eigenvalue weighted by Crippen LogP contribution is 2.31. The molecule has 6 nitrogen and oxygen atoms in total. The van der Waals surface area contributed by atoms with E-state index in [9.17, 15) is 4.79 Å². The van der Waals surface area contributed by atoms with E-state index >= 15 is 0 Å². The first-order chi connectivity index (χ1) is 15.0. The topological polar surface area (TPSA) is 63.9 Å². The third kappa shape index (κ3) is 5.82. The van der Waals surface area contributed by atoms with Gasteiger partial charge < -0.3 is 24.1 Å². The summed E-state index contributed by atoms with van der Waals surface area (Å²) in [6.45, 7) is 7.31. The molecule has 6 heteroatoms. The van der Waals surface area contributed by atoms with Crippen LogP contribution in [0.25, 0.3) is 0 Å². The van der Waals surface area contributed by atoms with Crippen LogP contribution in [0, 0.1) is 6.92 Å². The average molecular weight is 427 g/mol. The standard InChI is InChI=1S/C25H34N2O4/c1-17(22-8-4-18(2)30-22)10-13-27-14-11-21(12-15-27)31-24-16-19(5-9-23(24)29-3)25(28)26-20-6-7-20/h4-5,8-9,16-17,20-21H,6-7,10-15H2,1-3H3,(H,26,28). The second-order valence-corrected chi connectivity index (χ2v) is 8.91. The van der Waals surface area contributed by atoms with Crippen LogP contribution < -0.4 is 14.8 Å². The van der Waals surface area contributed by atoms with Gasteiger partial charge in [-0.25, -0.2) is 0 Å². The summed E-state index contributed by atoms with van der Waals surface area (Å²) >= 11 is 0. The Kier molecular flexibility index (Phi) is 6.86. The summed E-state index contributed by atoms with van der Waals surface area (Å²) in [6.07, 6.45) is 5.31. The molecular weight excluding hydrogens is 392 g/mol. The van der Waals surface area contributed by atoms with Crippen molar-refractivity contribution in [3.05, 3.63) is 47.4 Å². The van der Waals surface area contributed by atoms with Crippen LogP contribution in [0.4, 0.5) is 0 Å². The number of methoxy groups -OCH3 is 1. The van der Waals surface area contributed by atoms with Crippen molar-refractivity contribution >= 4 is 5.91 Å². The summed E-state index contributed by atoms with van der Waals surface area (Å²) < 4.78 is 17.5. The highest BCUT2D eigenvalue weighted by molar-refractivity contribution is 5.95. The Hall–Kier alpha value is -2.47. The zero-order valence-corrected chi connectivity index (χ0v) is 18.9. The number of benzene rings is 1. The summed E-state index contributed by atoms with van der Waals surface area (Å²) in [7, 11) is 1.64. The van der Waals surface area contributed by atoms with Gasteiger partial charge in [-0.3, -0.25) is 4.79 Å². The molecule has 0 radical (unpaired) electrons. The number of aryl methyl sites for hydroxylation is 1. The molecule has 1 aliphatic heterocycles. The van der Waals surface area contributed by atoms with Gasteiger partial charge in [-0.05, 0) is 75.9 Å². The van der Waals surface area contributed by atoms with Gasteiger partial charge in [0.2, 0.25) is 0 Å². The maximum atomic E-state index is 12.4. The lowest BCUT2D eigenvalue weighted by atomic mass is 10.0. The van der Waals surface area contributed by atoms with E-state index in [0.717, 1.165) is 63.3 Å². The number of carbonyl (C=O) groups is 1. The summed E-state index contributed by atoms with van der Waals surface area (Å²) in [5.74, 6) is 3.78. The van der Waals surface area contributed by atoms with Crippen LogP contribution in [0.1, 0.15) is 66.8 Å². The maximum Gasteiger partial charge on any atom is 0.251 e. The fourth-order valence-corrected chi connectivity index (χ4v) is 4.07. The average Bonchev–Trinajstić information content (AvgIpc) is 3.49.